The minimum Gasteiger partial charge on any atom is -0.490 e. The summed E-state index contributed by atoms with van der Waals surface area (Å²) >= 11 is 5.98. The fraction of sp³-hybridized carbons (Fsp3) is 0.429. The summed E-state index contributed by atoms with van der Waals surface area (Å²) in [6.45, 7) is 5.68. The molecule has 3 aromatic rings. The molecule has 3 amide bonds. The number of hydrogen-bond donors (Lipinski definition) is 3. The van der Waals surface area contributed by atoms with Gasteiger partial charge in [0, 0.05) is 49.1 Å². The van der Waals surface area contributed by atoms with Gasteiger partial charge in [-0.3, -0.25) is 4.79 Å². The number of rotatable bonds is 8. The number of carbonyl (C=O) groups is 2. The van der Waals surface area contributed by atoms with E-state index in [-0.39, 0.29) is 42.2 Å². The highest BCUT2D eigenvalue weighted by atomic mass is 35.5. The maximum Gasteiger partial charge on any atom is 0.323 e. The van der Waals surface area contributed by atoms with Crippen LogP contribution in [0.2, 0.25) is 5.02 Å². The fourth-order valence-electron chi connectivity index (χ4n) is 5.43. The summed E-state index contributed by atoms with van der Waals surface area (Å²) < 4.78 is 53.9. The Bertz CT molecular complexity index is 1680. The number of amides is 3. The van der Waals surface area contributed by atoms with Gasteiger partial charge in [-0.1, -0.05) is 18.5 Å². The molecule has 3 N–H and O–H groups in total. The van der Waals surface area contributed by atoms with Gasteiger partial charge in [0.05, 0.1) is 35.3 Å². The summed E-state index contributed by atoms with van der Waals surface area (Å²) in [5.74, 6) is -0.928. The second kappa shape index (κ2) is 17.3. The van der Waals surface area contributed by atoms with E-state index in [1.54, 1.807) is 19.1 Å². The third-order valence-electron chi connectivity index (χ3n) is 8.37. The van der Waals surface area contributed by atoms with Gasteiger partial charge in [-0.05, 0) is 99.8 Å². The van der Waals surface area contributed by atoms with E-state index in [1.807, 2.05) is 13.8 Å². The molecule has 3 aromatic carbocycles. The monoisotopic (exact) mass is 718 g/mol. The number of hydrogen-bond acceptors (Lipinski definition) is 7. The summed E-state index contributed by atoms with van der Waals surface area (Å²) in [6, 6.07) is 14.8. The third kappa shape index (κ3) is 10.4. The number of sulfonamides is 1. The van der Waals surface area contributed by atoms with Gasteiger partial charge in [-0.25, -0.2) is 17.6 Å². The van der Waals surface area contributed by atoms with Crippen LogP contribution in [0, 0.1) is 11.7 Å². The maximum absolute atomic E-state index is 14.3. The largest absolute Gasteiger partial charge is 0.490 e. The Labute approximate surface area is 292 Å². The van der Waals surface area contributed by atoms with Gasteiger partial charge in [0.1, 0.15) is 11.6 Å². The number of ether oxygens (including phenoxy) is 2. The second-order valence-electron chi connectivity index (χ2n) is 12.3. The number of aliphatic hydroxyl groups is 1. The highest BCUT2D eigenvalue weighted by Gasteiger charge is 2.32. The number of carbonyl (C=O) groups excluding carboxylic acids is 2. The quantitative estimate of drug-likeness (QED) is 0.251. The van der Waals surface area contributed by atoms with Crippen LogP contribution in [0.4, 0.5) is 20.6 Å². The summed E-state index contributed by atoms with van der Waals surface area (Å²) in [4.78, 5) is 28.7. The van der Waals surface area contributed by atoms with Crippen LogP contribution in [0.15, 0.2) is 71.6 Å². The van der Waals surface area contributed by atoms with Gasteiger partial charge in [0.2, 0.25) is 10.0 Å². The molecule has 11 nitrogen and oxygen atoms in total. The first-order valence-electron chi connectivity index (χ1n) is 16.2. The van der Waals surface area contributed by atoms with Crippen LogP contribution in [0.25, 0.3) is 0 Å². The summed E-state index contributed by atoms with van der Waals surface area (Å²) in [5, 5.41) is 16.0. The molecule has 0 radical (unpaired) electrons. The van der Waals surface area contributed by atoms with E-state index in [9.17, 15) is 27.5 Å². The summed E-state index contributed by atoms with van der Waals surface area (Å²) in [6.07, 6.45) is 1.29. The second-order valence-corrected chi connectivity index (χ2v) is 14.8. The van der Waals surface area contributed by atoms with E-state index in [0.717, 1.165) is 6.42 Å². The van der Waals surface area contributed by atoms with E-state index in [0.29, 0.717) is 41.6 Å². The zero-order valence-electron chi connectivity index (χ0n) is 28.1. The van der Waals surface area contributed by atoms with Crippen molar-refractivity contribution in [3.63, 3.8) is 0 Å². The molecule has 1 aliphatic heterocycles. The lowest BCUT2D eigenvalue weighted by Gasteiger charge is -2.35. The molecular weight excluding hydrogens is 675 g/mol. The normalized spacial score (nSPS) is 20.1. The summed E-state index contributed by atoms with van der Waals surface area (Å²) in [5.41, 5.74) is 0.866. The van der Waals surface area contributed by atoms with Crippen LogP contribution in [-0.4, -0.2) is 86.3 Å². The van der Waals surface area contributed by atoms with E-state index in [1.165, 1.54) is 70.9 Å². The molecule has 4 atom stereocenters. The lowest BCUT2D eigenvalue weighted by Crippen LogP contribution is -2.48. The Morgan fingerprint density at radius 3 is 2.39 bits per heavy atom. The minimum atomic E-state index is -3.87. The fourth-order valence-corrected chi connectivity index (χ4v) is 6.74. The molecule has 14 heteroatoms. The topological polar surface area (TPSA) is 138 Å². The Kier molecular flexibility index (Phi) is 13.4. The Morgan fingerprint density at radius 1 is 1.06 bits per heavy atom. The van der Waals surface area contributed by atoms with Crippen LogP contribution in [0.3, 0.4) is 0 Å². The van der Waals surface area contributed by atoms with Crippen molar-refractivity contribution >= 4 is 44.9 Å². The molecule has 0 aromatic heterocycles. The number of nitrogens with one attached hydrogen (secondary N) is 2. The molecule has 0 spiro atoms. The van der Waals surface area contributed by atoms with Crippen molar-refractivity contribution in [2.75, 3.05) is 44.0 Å². The first-order valence-corrected chi connectivity index (χ1v) is 18.0. The minimum absolute atomic E-state index is 0.0228. The van der Waals surface area contributed by atoms with Crippen molar-refractivity contribution in [2.45, 2.75) is 63.2 Å². The number of aliphatic hydroxyl groups excluding tert-OH is 1. The molecule has 0 fully saturated rings. The van der Waals surface area contributed by atoms with Gasteiger partial charge >= 0.3 is 6.03 Å². The Morgan fingerprint density at radius 2 is 1.71 bits per heavy atom. The molecule has 266 valence electrons. The first-order chi connectivity index (χ1) is 23.3. The SMILES string of the molecule is C[C@@H]1CCCCO[C@H](CN(C)S(=O)(=O)c2ccc(Cl)cc2)[C@H](C)CN([C@@H](C)CO)C(=O)c2cc(NC(=O)Nc3ccc(F)cc3)ccc2O1. The highest BCUT2D eigenvalue weighted by Crippen LogP contribution is 2.29. The highest BCUT2D eigenvalue weighted by molar-refractivity contribution is 7.89. The van der Waals surface area contributed by atoms with E-state index in [2.05, 4.69) is 10.6 Å². The van der Waals surface area contributed by atoms with Crippen molar-refractivity contribution in [2.24, 2.45) is 5.92 Å². The van der Waals surface area contributed by atoms with Gasteiger partial charge in [-0.15, -0.1) is 0 Å². The molecule has 0 aliphatic carbocycles. The standard InChI is InChI=1S/C35H44ClFN4O7S/c1-23-20-41(24(2)22-42)34(43)31-19-29(39-35(44)38-28-12-10-27(37)11-13-28)14-17-32(31)48-25(3)7-5-6-18-47-33(23)21-40(4)49(45,46)30-15-8-26(36)9-16-30/h8-17,19,23-25,33,42H,5-7,18,20-22H2,1-4H3,(H2,38,39,44)/t23-,24+,25-,33-/m1/s1. The van der Waals surface area contributed by atoms with Gasteiger partial charge < -0.3 is 30.1 Å². The average molecular weight is 719 g/mol. The number of anilines is 2. The van der Waals surface area contributed by atoms with Crippen molar-refractivity contribution in [3.8, 4) is 5.75 Å². The van der Waals surface area contributed by atoms with Crippen LogP contribution in [-0.2, 0) is 14.8 Å². The molecular formula is C35H44ClFN4O7S. The Hall–Kier alpha value is -3.75. The number of fused-ring (bicyclic) bond motifs is 1. The summed E-state index contributed by atoms with van der Waals surface area (Å²) in [7, 11) is -2.38. The molecule has 1 aliphatic rings. The van der Waals surface area contributed by atoms with Crippen LogP contribution in [0.1, 0.15) is 50.4 Å². The zero-order chi connectivity index (χ0) is 35.7. The van der Waals surface area contributed by atoms with E-state index in [4.69, 9.17) is 21.1 Å². The number of nitrogens with zero attached hydrogens (tertiary/aromatic N) is 2. The van der Waals surface area contributed by atoms with E-state index >= 15 is 0 Å². The van der Waals surface area contributed by atoms with Crippen molar-refractivity contribution in [3.05, 3.63) is 83.1 Å². The maximum atomic E-state index is 14.3. The van der Waals surface area contributed by atoms with Gasteiger partial charge in [0.25, 0.3) is 5.91 Å². The smallest absolute Gasteiger partial charge is 0.323 e. The van der Waals surface area contributed by atoms with Crippen LogP contribution < -0.4 is 15.4 Å². The predicted octanol–water partition coefficient (Wildman–Crippen LogP) is 6.24. The number of likely N-dealkylation sites (N-methyl/N-ethyl adjacent to an activating group) is 1. The Balaban J connectivity index is 1.62. The molecule has 0 unspecified atom stereocenters. The van der Waals surface area contributed by atoms with Crippen molar-refractivity contribution in [1.29, 1.82) is 0 Å². The number of halogens is 2. The van der Waals surface area contributed by atoms with Crippen molar-refractivity contribution in [1.82, 2.24) is 9.21 Å². The lowest BCUT2D eigenvalue weighted by molar-refractivity contribution is -0.00833. The molecule has 0 bridgehead atoms. The molecule has 1 heterocycles. The average Bonchev–Trinajstić information content (AvgIpc) is 3.07. The van der Waals surface area contributed by atoms with Gasteiger partial charge in [0.15, 0.2) is 0 Å². The molecule has 49 heavy (non-hydrogen) atoms. The lowest BCUT2D eigenvalue weighted by atomic mass is 10.0. The number of benzene rings is 3. The van der Waals surface area contributed by atoms with Gasteiger partial charge in [-0.2, -0.15) is 4.31 Å². The van der Waals surface area contributed by atoms with Crippen molar-refractivity contribution < 1.29 is 37.0 Å². The third-order valence-corrected chi connectivity index (χ3v) is 10.5. The molecule has 0 saturated heterocycles. The zero-order valence-corrected chi connectivity index (χ0v) is 29.6. The van der Waals surface area contributed by atoms with Crippen LogP contribution >= 0.6 is 11.6 Å². The molecule has 4 rings (SSSR count). The molecule has 0 saturated carbocycles. The van der Waals surface area contributed by atoms with E-state index < -0.39 is 39.9 Å². The number of urea groups is 1. The first kappa shape index (κ1) is 38.1. The predicted molar refractivity (Wildman–Crippen MR) is 187 cm³/mol. The van der Waals surface area contributed by atoms with Crippen LogP contribution in [0.5, 0.6) is 5.75 Å².